The minimum Gasteiger partial charge on any atom is -0.495 e. The monoisotopic (exact) mass is 498 g/mol. The Hall–Kier alpha value is -2.29. The van der Waals surface area contributed by atoms with Crippen LogP contribution in [0.1, 0.15) is 39.2 Å². The van der Waals surface area contributed by atoms with E-state index >= 15 is 0 Å². The number of thiocarbonyl (C=S) groups is 1. The summed E-state index contributed by atoms with van der Waals surface area (Å²) >= 11 is 11.1. The molecule has 6 nitrogen and oxygen atoms in total. The highest BCUT2D eigenvalue weighted by molar-refractivity contribution is 7.78. The first-order valence-electron chi connectivity index (χ1n) is 10.3. The average Bonchev–Trinajstić information content (AvgIpc) is 2.78. The Labute approximate surface area is 208 Å². The minimum absolute atomic E-state index is 0.144. The van der Waals surface area contributed by atoms with Crippen molar-refractivity contribution >= 4 is 47.6 Å². The highest BCUT2D eigenvalue weighted by Gasteiger charge is 2.14. The van der Waals surface area contributed by atoms with Crippen molar-refractivity contribution in [3.8, 4) is 5.75 Å². The smallest absolute Gasteiger partial charge is 0.139 e. The summed E-state index contributed by atoms with van der Waals surface area (Å²) < 4.78 is 14.9. The van der Waals surface area contributed by atoms with E-state index in [1.54, 1.807) is 7.11 Å². The zero-order valence-corrected chi connectivity index (χ0v) is 21.9. The molecule has 1 aromatic carbocycles. The van der Waals surface area contributed by atoms with Gasteiger partial charge in [0.1, 0.15) is 11.6 Å². The molecule has 0 aromatic heterocycles. The largest absolute Gasteiger partial charge is 0.495 e. The van der Waals surface area contributed by atoms with Crippen molar-refractivity contribution in [1.29, 1.82) is 0 Å². The molecule has 0 amide bonds. The molecular weight excluding hydrogens is 463 g/mol. The molecule has 0 fully saturated rings. The number of amidine groups is 1. The van der Waals surface area contributed by atoms with E-state index in [0.717, 1.165) is 36.3 Å². The van der Waals surface area contributed by atoms with Gasteiger partial charge in [-0.25, -0.2) is 4.99 Å². The fourth-order valence-electron chi connectivity index (χ4n) is 2.62. The van der Waals surface area contributed by atoms with E-state index in [0.29, 0.717) is 30.2 Å². The fourth-order valence-corrected chi connectivity index (χ4v) is 3.01. The maximum atomic E-state index is 9.50. The van der Waals surface area contributed by atoms with E-state index < -0.39 is 0 Å². The number of alkyl halides is 1. The quantitative estimate of drug-likeness (QED) is 0.115. The molecule has 0 aliphatic carbocycles. The predicted molar refractivity (Wildman–Crippen MR) is 144 cm³/mol. The number of rotatable bonds is 12. The summed E-state index contributed by atoms with van der Waals surface area (Å²) in [6.07, 6.45) is 7.82. The van der Waals surface area contributed by atoms with E-state index in [4.69, 9.17) is 33.4 Å². The molecule has 33 heavy (non-hydrogen) atoms. The highest BCUT2D eigenvalue weighted by atomic mass is 35.5. The van der Waals surface area contributed by atoms with Crippen molar-refractivity contribution in [2.45, 2.75) is 40.0 Å². The van der Waals surface area contributed by atoms with Crippen LogP contribution < -0.4 is 15.5 Å². The van der Waals surface area contributed by atoms with Gasteiger partial charge < -0.3 is 10.1 Å². The van der Waals surface area contributed by atoms with Crippen molar-refractivity contribution in [2.75, 3.05) is 33.3 Å². The molecule has 0 unspecified atom stereocenters. The highest BCUT2D eigenvalue weighted by Crippen LogP contribution is 2.33. The van der Waals surface area contributed by atoms with Crippen LogP contribution in [0.15, 0.2) is 46.0 Å². The van der Waals surface area contributed by atoms with Crippen LogP contribution in [0, 0.1) is 5.41 Å². The Morgan fingerprint density at radius 3 is 2.52 bits per heavy atom. The average molecular weight is 499 g/mol. The maximum Gasteiger partial charge on any atom is 0.139 e. The standard InChI is InChI=1S/C23H33ClN4O2S.CH3F/c1-23(2,3)15-26-20-14-21(29-5)19(24)13-17(20)11-12-18(25-4)9-7-8-10-22(27-16-31)28-30-6;1-2/h7-9,13-14,16,26H,4,10-12,15H2,1-3,5-6H3,(H,27,28,31);1H3/b8-7-,18-9-;. The molecule has 0 aliphatic rings. The van der Waals surface area contributed by atoms with Gasteiger partial charge in [-0.15, -0.1) is 0 Å². The van der Waals surface area contributed by atoms with Crippen LogP contribution in [0.3, 0.4) is 0 Å². The number of allylic oxidation sites excluding steroid dienone is 3. The topological polar surface area (TPSA) is 67.2 Å². The number of halogens is 2. The van der Waals surface area contributed by atoms with Crippen molar-refractivity contribution in [3.63, 3.8) is 0 Å². The van der Waals surface area contributed by atoms with Crippen LogP contribution in [0.4, 0.5) is 10.1 Å². The van der Waals surface area contributed by atoms with Crippen LogP contribution in [0.5, 0.6) is 5.75 Å². The Balaban J connectivity index is 0.00000497. The second-order valence-corrected chi connectivity index (χ2v) is 8.61. The molecule has 9 heteroatoms. The van der Waals surface area contributed by atoms with Crippen molar-refractivity contribution < 1.29 is 14.0 Å². The van der Waals surface area contributed by atoms with E-state index in [1.807, 2.05) is 30.4 Å². The maximum absolute atomic E-state index is 9.50. The summed E-state index contributed by atoms with van der Waals surface area (Å²) in [5.41, 5.74) is 7.13. The molecule has 0 saturated carbocycles. The van der Waals surface area contributed by atoms with Gasteiger partial charge in [-0.2, -0.15) is 0 Å². The third-order valence-corrected chi connectivity index (χ3v) is 4.61. The summed E-state index contributed by atoms with van der Waals surface area (Å²) in [6.45, 7) is 11.1. The van der Waals surface area contributed by atoms with Gasteiger partial charge in [0.15, 0.2) is 0 Å². The van der Waals surface area contributed by atoms with E-state index in [2.05, 4.69) is 48.3 Å². The van der Waals surface area contributed by atoms with Crippen LogP contribution >= 0.6 is 23.8 Å². The lowest BCUT2D eigenvalue weighted by Gasteiger charge is -2.22. The van der Waals surface area contributed by atoms with E-state index in [-0.39, 0.29) is 5.41 Å². The first kappa shape index (κ1) is 30.7. The third kappa shape index (κ3) is 13.1. The van der Waals surface area contributed by atoms with Gasteiger partial charge in [0.2, 0.25) is 0 Å². The summed E-state index contributed by atoms with van der Waals surface area (Å²) in [5.74, 6) is 1.28. The number of hydroxylamine groups is 1. The number of hydrogen-bond donors (Lipinski definition) is 2. The van der Waals surface area contributed by atoms with Gasteiger partial charge in [0.05, 0.1) is 31.9 Å². The number of anilines is 1. The number of aliphatic imine (C=N–C) groups is 2. The van der Waals surface area contributed by atoms with E-state index in [1.165, 1.54) is 12.6 Å². The van der Waals surface area contributed by atoms with Gasteiger partial charge in [-0.1, -0.05) is 56.7 Å². The number of methoxy groups -OCH3 is 1. The minimum atomic E-state index is 0.144. The second kappa shape index (κ2) is 17.2. The summed E-state index contributed by atoms with van der Waals surface area (Å²) in [6, 6.07) is 3.90. The molecule has 0 saturated heterocycles. The molecule has 1 aromatic rings. The van der Waals surface area contributed by atoms with Gasteiger partial charge in [-0.3, -0.25) is 19.7 Å². The number of benzene rings is 1. The van der Waals surface area contributed by atoms with Crippen LogP contribution in [0.2, 0.25) is 5.02 Å². The van der Waals surface area contributed by atoms with Gasteiger partial charge in [-0.05, 0) is 42.7 Å². The zero-order valence-electron chi connectivity index (χ0n) is 20.4. The molecule has 1 rings (SSSR count). The zero-order chi connectivity index (χ0) is 25.3. The molecule has 0 atom stereocenters. The molecule has 2 N–H and O–H groups in total. The van der Waals surface area contributed by atoms with Crippen molar-refractivity contribution in [3.05, 3.63) is 46.6 Å². The lowest BCUT2D eigenvalue weighted by Crippen LogP contribution is -2.21. The molecule has 0 aliphatic heterocycles. The lowest BCUT2D eigenvalue weighted by atomic mass is 9.96. The van der Waals surface area contributed by atoms with Crippen LogP contribution in [-0.2, 0) is 11.3 Å². The van der Waals surface area contributed by atoms with Gasteiger partial charge in [0.25, 0.3) is 0 Å². The predicted octanol–water partition coefficient (Wildman–Crippen LogP) is 6.36. The van der Waals surface area contributed by atoms with E-state index in [9.17, 15) is 4.39 Å². The fraction of sp³-hybridized carbons (Fsp3) is 0.458. The lowest BCUT2D eigenvalue weighted by molar-refractivity contribution is 0.143. The number of hydrogen-bond acceptors (Lipinski definition) is 5. The summed E-state index contributed by atoms with van der Waals surface area (Å²) in [5, 5.41) is 4.11. The first-order valence-corrected chi connectivity index (χ1v) is 11.2. The van der Waals surface area contributed by atoms with Gasteiger partial charge in [0, 0.05) is 30.4 Å². The Kier molecular flexibility index (Phi) is 16.0. The molecule has 0 spiro atoms. The number of nitrogens with one attached hydrogen (secondary N) is 2. The van der Waals surface area contributed by atoms with Crippen LogP contribution in [-0.4, -0.2) is 46.0 Å². The van der Waals surface area contributed by atoms with Crippen molar-refractivity contribution in [2.24, 2.45) is 15.4 Å². The van der Waals surface area contributed by atoms with Crippen LogP contribution in [0.25, 0.3) is 0 Å². The third-order valence-electron chi connectivity index (χ3n) is 4.20. The number of nitrogens with zero attached hydrogens (tertiary/aromatic N) is 2. The normalized spacial score (nSPS) is 12.1. The number of aryl methyl sites for hydroxylation is 1. The second-order valence-electron chi connectivity index (χ2n) is 7.99. The molecule has 0 radical (unpaired) electrons. The summed E-state index contributed by atoms with van der Waals surface area (Å²) in [4.78, 5) is 13.0. The summed E-state index contributed by atoms with van der Waals surface area (Å²) in [7, 11) is 3.65. The Morgan fingerprint density at radius 2 is 1.97 bits per heavy atom. The van der Waals surface area contributed by atoms with Gasteiger partial charge >= 0.3 is 0 Å². The molecule has 0 heterocycles. The first-order chi connectivity index (χ1) is 15.7. The SMILES string of the molecule is C=N/C(=C\C=C/CC(=NC=S)NOC)CCc1cc(Cl)c(OC)cc1NCC(C)(C)C.CF. The van der Waals surface area contributed by atoms with Crippen molar-refractivity contribution in [1.82, 2.24) is 5.48 Å². The number of ether oxygens (including phenoxy) is 1. The molecule has 184 valence electrons. The molecule has 0 bridgehead atoms. The molecular formula is C24H36ClFN4O2S. The Bertz CT molecular complexity index is 836. The Morgan fingerprint density at radius 1 is 1.27 bits per heavy atom.